The van der Waals surface area contributed by atoms with Crippen LogP contribution in [0.4, 0.5) is 0 Å². The summed E-state index contributed by atoms with van der Waals surface area (Å²) >= 11 is 11.8. The van der Waals surface area contributed by atoms with Crippen molar-refractivity contribution in [3.63, 3.8) is 0 Å². The lowest BCUT2D eigenvalue weighted by atomic mass is 9.80. The smallest absolute Gasteiger partial charge is 0.0574 e. The van der Waals surface area contributed by atoms with Crippen LogP contribution in [0.3, 0.4) is 0 Å². The largest absolute Gasteiger partial charge is 0.393 e. The van der Waals surface area contributed by atoms with E-state index in [1.165, 1.54) is 0 Å². The number of aliphatic hydroxyl groups excluding tert-OH is 1. The minimum atomic E-state index is -0.0989. The number of hydrogen-bond acceptors (Lipinski definition) is 1. The molecule has 1 N–H and O–H groups in total. The highest BCUT2D eigenvalue weighted by atomic mass is 35.5. The summed E-state index contributed by atoms with van der Waals surface area (Å²) in [6, 6.07) is 0. The van der Waals surface area contributed by atoms with Crippen molar-refractivity contribution in [2.75, 3.05) is 11.8 Å². The van der Waals surface area contributed by atoms with Gasteiger partial charge in [0.15, 0.2) is 0 Å². The third-order valence-corrected chi connectivity index (χ3v) is 4.39. The van der Waals surface area contributed by atoms with E-state index in [9.17, 15) is 5.11 Å². The summed E-state index contributed by atoms with van der Waals surface area (Å²) in [4.78, 5) is 0. The van der Waals surface area contributed by atoms with E-state index in [4.69, 9.17) is 23.2 Å². The van der Waals surface area contributed by atoms with Crippen molar-refractivity contribution in [2.45, 2.75) is 18.9 Å². The Kier molecular flexibility index (Phi) is 2.55. The summed E-state index contributed by atoms with van der Waals surface area (Å²) in [6.45, 7) is 0. The van der Waals surface area contributed by atoms with Crippen molar-refractivity contribution >= 4 is 23.2 Å². The lowest BCUT2D eigenvalue weighted by molar-refractivity contribution is 0.0665. The molecule has 0 aromatic rings. The molecule has 0 radical (unpaired) electrons. The topological polar surface area (TPSA) is 20.2 Å². The molecular formula is C9H14Cl2O. The lowest BCUT2D eigenvalue weighted by Crippen LogP contribution is -2.33. The number of halogens is 2. The maximum atomic E-state index is 9.63. The van der Waals surface area contributed by atoms with Gasteiger partial charge in [0.05, 0.1) is 6.10 Å². The summed E-state index contributed by atoms with van der Waals surface area (Å²) < 4.78 is 0. The molecule has 0 aromatic carbocycles. The van der Waals surface area contributed by atoms with Crippen molar-refractivity contribution in [1.29, 1.82) is 0 Å². The lowest BCUT2D eigenvalue weighted by Gasteiger charge is -2.31. The Morgan fingerprint density at radius 2 is 1.75 bits per heavy atom. The highest BCUT2D eigenvalue weighted by Gasteiger charge is 2.51. The van der Waals surface area contributed by atoms with Crippen LogP contribution >= 0.6 is 23.2 Å². The number of hydrogen-bond donors (Lipinski definition) is 1. The Balaban J connectivity index is 2.11. The summed E-state index contributed by atoms with van der Waals surface area (Å²) in [5.41, 5.74) is 0. The standard InChI is InChI=1S/C9H14Cl2O/c10-3-7-5-1-6(8(7)4-11)9(12)2-5/h5-9,12H,1-4H2. The molecule has 2 bridgehead atoms. The van der Waals surface area contributed by atoms with Crippen LogP contribution in [0.15, 0.2) is 0 Å². The molecule has 2 rings (SSSR count). The predicted molar refractivity (Wildman–Crippen MR) is 50.6 cm³/mol. The maximum absolute atomic E-state index is 9.63. The van der Waals surface area contributed by atoms with Crippen molar-refractivity contribution in [2.24, 2.45) is 23.7 Å². The minimum Gasteiger partial charge on any atom is -0.393 e. The summed E-state index contributed by atoms with van der Waals surface area (Å²) in [5.74, 6) is 3.50. The second-order valence-electron chi connectivity index (χ2n) is 4.10. The van der Waals surface area contributed by atoms with E-state index >= 15 is 0 Å². The molecule has 5 atom stereocenters. The van der Waals surface area contributed by atoms with Crippen molar-refractivity contribution in [3.8, 4) is 0 Å². The molecule has 5 unspecified atom stereocenters. The first kappa shape index (κ1) is 9.11. The maximum Gasteiger partial charge on any atom is 0.0574 e. The molecule has 0 spiro atoms. The average Bonchev–Trinajstić information content (AvgIpc) is 2.58. The highest BCUT2D eigenvalue weighted by molar-refractivity contribution is 6.19. The highest BCUT2D eigenvalue weighted by Crippen LogP contribution is 2.52. The number of fused-ring (bicyclic) bond motifs is 2. The van der Waals surface area contributed by atoms with Crippen LogP contribution in [0.1, 0.15) is 12.8 Å². The third-order valence-electron chi connectivity index (χ3n) is 3.68. The van der Waals surface area contributed by atoms with Gasteiger partial charge in [0.2, 0.25) is 0 Å². The van der Waals surface area contributed by atoms with Crippen molar-refractivity contribution in [3.05, 3.63) is 0 Å². The molecule has 2 fully saturated rings. The molecule has 0 aromatic heterocycles. The predicted octanol–water partition coefficient (Wildman–Crippen LogP) is 2.10. The second kappa shape index (κ2) is 3.36. The first-order chi connectivity index (χ1) is 5.77. The van der Waals surface area contributed by atoms with Gasteiger partial charge in [-0.3, -0.25) is 0 Å². The van der Waals surface area contributed by atoms with Gasteiger partial charge >= 0.3 is 0 Å². The van der Waals surface area contributed by atoms with E-state index in [-0.39, 0.29) is 6.10 Å². The fourth-order valence-electron chi connectivity index (χ4n) is 3.03. The fraction of sp³-hybridized carbons (Fsp3) is 1.00. The molecule has 2 aliphatic carbocycles. The van der Waals surface area contributed by atoms with Crippen LogP contribution in [0.2, 0.25) is 0 Å². The number of rotatable bonds is 2. The molecule has 3 heteroatoms. The molecule has 1 nitrogen and oxygen atoms in total. The Morgan fingerprint density at radius 3 is 2.33 bits per heavy atom. The van der Waals surface area contributed by atoms with Crippen LogP contribution in [0.25, 0.3) is 0 Å². The zero-order chi connectivity index (χ0) is 8.72. The molecule has 0 heterocycles. The molecule has 2 aliphatic rings. The zero-order valence-corrected chi connectivity index (χ0v) is 8.43. The van der Waals surface area contributed by atoms with Crippen LogP contribution in [0, 0.1) is 23.7 Å². The Bertz CT molecular complexity index is 172. The van der Waals surface area contributed by atoms with Gasteiger partial charge in [0.25, 0.3) is 0 Å². The van der Waals surface area contributed by atoms with Gasteiger partial charge in [-0.15, -0.1) is 23.2 Å². The van der Waals surface area contributed by atoms with Crippen LogP contribution in [-0.2, 0) is 0 Å². The SMILES string of the molecule is OC1CC2CC1C(CCl)C2CCl. The van der Waals surface area contributed by atoms with E-state index in [0.717, 1.165) is 12.8 Å². The van der Waals surface area contributed by atoms with E-state index < -0.39 is 0 Å². The van der Waals surface area contributed by atoms with Gasteiger partial charge in [0.1, 0.15) is 0 Å². The Labute approximate surface area is 83.0 Å². The van der Waals surface area contributed by atoms with Crippen LogP contribution in [-0.4, -0.2) is 23.0 Å². The van der Waals surface area contributed by atoms with Crippen molar-refractivity contribution in [1.82, 2.24) is 0 Å². The minimum absolute atomic E-state index is 0.0989. The summed E-state index contributed by atoms with van der Waals surface area (Å²) in [6.07, 6.45) is 2.00. The fourth-order valence-corrected chi connectivity index (χ4v) is 3.97. The zero-order valence-electron chi connectivity index (χ0n) is 6.92. The van der Waals surface area contributed by atoms with Crippen molar-refractivity contribution < 1.29 is 5.11 Å². The average molecular weight is 209 g/mol. The molecule has 0 aliphatic heterocycles. The van der Waals surface area contributed by atoms with Gasteiger partial charge in [-0.1, -0.05) is 0 Å². The van der Waals surface area contributed by atoms with Crippen LogP contribution < -0.4 is 0 Å². The molecule has 0 amide bonds. The molecule has 2 saturated carbocycles. The molecular weight excluding hydrogens is 195 g/mol. The van der Waals surface area contributed by atoms with Gasteiger partial charge in [-0.25, -0.2) is 0 Å². The van der Waals surface area contributed by atoms with E-state index in [1.54, 1.807) is 0 Å². The van der Waals surface area contributed by atoms with Gasteiger partial charge in [-0.2, -0.15) is 0 Å². The van der Waals surface area contributed by atoms with E-state index in [0.29, 0.717) is 35.4 Å². The normalized spacial score (nSPS) is 51.8. The van der Waals surface area contributed by atoms with E-state index in [1.807, 2.05) is 0 Å². The summed E-state index contributed by atoms with van der Waals surface area (Å²) in [7, 11) is 0. The molecule has 70 valence electrons. The first-order valence-corrected chi connectivity index (χ1v) is 5.64. The number of aliphatic hydroxyl groups is 1. The van der Waals surface area contributed by atoms with E-state index in [2.05, 4.69) is 0 Å². The van der Waals surface area contributed by atoms with Gasteiger partial charge in [-0.05, 0) is 36.5 Å². The van der Waals surface area contributed by atoms with Gasteiger partial charge < -0.3 is 5.11 Å². The monoisotopic (exact) mass is 208 g/mol. The Hall–Kier alpha value is 0.540. The first-order valence-electron chi connectivity index (χ1n) is 4.58. The second-order valence-corrected chi connectivity index (χ2v) is 4.72. The molecule has 12 heavy (non-hydrogen) atoms. The summed E-state index contributed by atoms with van der Waals surface area (Å²) in [5, 5.41) is 9.63. The third kappa shape index (κ3) is 1.18. The quantitative estimate of drug-likeness (QED) is 0.690. The van der Waals surface area contributed by atoms with Gasteiger partial charge in [0, 0.05) is 11.8 Å². The Morgan fingerprint density at radius 1 is 1.08 bits per heavy atom. The molecule has 0 saturated heterocycles. The van der Waals surface area contributed by atoms with Crippen LogP contribution in [0.5, 0.6) is 0 Å². The number of alkyl halides is 2.